The van der Waals surface area contributed by atoms with Crippen LogP contribution >= 0.6 is 11.9 Å². The highest BCUT2D eigenvalue weighted by molar-refractivity contribution is 8.00. The highest BCUT2D eigenvalue weighted by Crippen LogP contribution is 2.28. The van der Waals surface area contributed by atoms with E-state index in [1.54, 1.807) is 16.8 Å². The van der Waals surface area contributed by atoms with E-state index in [2.05, 4.69) is 40.8 Å². The van der Waals surface area contributed by atoms with Crippen LogP contribution in [0.2, 0.25) is 0 Å². The second kappa shape index (κ2) is 9.27. The molecule has 0 aliphatic carbocycles. The van der Waals surface area contributed by atoms with Crippen LogP contribution in [-0.4, -0.2) is 25.4 Å². The Morgan fingerprint density at radius 2 is 1.77 bits per heavy atom. The third-order valence-corrected chi connectivity index (χ3v) is 6.21. The summed E-state index contributed by atoms with van der Waals surface area (Å²) in [5.41, 5.74) is 4.33. The van der Waals surface area contributed by atoms with E-state index in [0.717, 1.165) is 29.2 Å². The lowest BCUT2D eigenvalue weighted by molar-refractivity contribution is -0.117. The summed E-state index contributed by atoms with van der Waals surface area (Å²) in [5.74, 6) is -0.0445. The SMILES string of the molecule is Cc1ccc(SN(C)c2ccc(C(=O)Nc3cccc(N4CCCC4=O)c3)cc2)cc1. The van der Waals surface area contributed by atoms with Crippen molar-refractivity contribution in [2.75, 3.05) is 28.1 Å². The molecule has 1 aliphatic rings. The van der Waals surface area contributed by atoms with Gasteiger partial charge < -0.3 is 14.5 Å². The Bertz CT molecular complexity index is 1080. The Kier molecular flexibility index (Phi) is 6.28. The molecule has 0 spiro atoms. The average molecular weight is 432 g/mol. The molecule has 3 aromatic carbocycles. The summed E-state index contributed by atoms with van der Waals surface area (Å²) < 4.78 is 2.07. The summed E-state index contributed by atoms with van der Waals surface area (Å²) in [6, 6.07) is 23.4. The predicted molar refractivity (Wildman–Crippen MR) is 128 cm³/mol. The van der Waals surface area contributed by atoms with Crippen LogP contribution in [0.5, 0.6) is 0 Å². The van der Waals surface area contributed by atoms with E-state index < -0.39 is 0 Å². The third kappa shape index (κ3) is 5.09. The molecule has 4 rings (SSSR count). The van der Waals surface area contributed by atoms with Gasteiger partial charge in [0.05, 0.1) is 0 Å². The molecule has 1 fully saturated rings. The number of anilines is 3. The van der Waals surface area contributed by atoms with Gasteiger partial charge in [0.25, 0.3) is 5.91 Å². The van der Waals surface area contributed by atoms with Crippen molar-refractivity contribution in [2.45, 2.75) is 24.7 Å². The van der Waals surface area contributed by atoms with Crippen molar-refractivity contribution in [3.05, 3.63) is 83.9 Å². The van der Waals surface area contributed by atoms with Crippen molar-refractivity contribution < 1.29 is 9.59 Å². The molecule has 158 valence electrons. The van der Waals surface area contributed by atoms with E-state index >= 15 is 0 Å². The van der Waals surface area contributed by atoms with Gasteiger partial charge >= 0.3 is 0 Å². The van der Waals surface area contributed by atoms with Crippen LogP contribution < -0.4 is 14.5 Å². The molecule has 0 bridgehead atoms. The number of carbonyl (C=O) groups is 2. The zero-order chi connectivity index (χ0) is 21.8. The van der Waals surface area contributed by atoms with Crippen LogP contribution in [0.3, 0.4) is 0 Å². The van der Waals surface area contributed by atoms with Crippen LogP contribution in [0.15, 0.2) is 77.7 Å². The van der Waals surface area contributed by atoms with Gasteiger partial charge in [0.15, 0.2) is 0 Å². The zero-order valence-electron chi connectivity index (χ0n) is 17.7. The van der Waals surface area contributed by atoms with Gasteiger partial charge in [-0.25, -0.2) is 0 Å². The highest BCUT2D eigenvalue weighted by Gasteiger charge is 2.21. The number of benzene rings is 3. The fourth-order valence-corrected chi connectivity index (χ4v) is 4.31. The lowest BCUT2D eigenvalue weighted by Gasteiger charge is -2.18. The molecule has 0 saturated carbocycles. The second-order valence-corrected chi connectivity index (χ2v) is 8.80. The minimum atomic E-state index is -0.176. The fraction of sp³-hybridized carbons (Fsp3) is 0.200. The van der Waals surface area contributed by atoms with E-state index in [1.165, 1.54) is 5.56 Å². The smallest absolute Gasteiger partial charge is 0.255 e. The molecule has 5 nitrogen and oxygen atoms in total. The van der Waals surface area contributed by atoms with Crippen molar-refractivity contribution in [1.82, 2.24) is 0 Å². The largest absolute Gasteiger partial charge is 0.322 e. The van der Waals surface area contributed by atoms with E-state index in [1.807, 2.05) is 55.6 Å². The van der Waals surface area contributed by atoms with E-state index in [9.17, 15) is 9.59 Å². The minimum Gasteiger partial charge on any atom is -0.322 e. The Hall–Kier alpha value is -3.25. The molecule has 0 unspecified atom stereocenters. The molecular weight excluding hydrogens is 406 g/mol. The van der Waals surface area contributed by atoms with Crippen molar-refractivity contribution in [3.8, 4) is 0 Å². The second-order valence-electron chi connectivity index (χ2n) is 7.60. The van der Waals surface area contributed by atoms with Gasteiger partial charge in [0.2, 0.25) is 5.91 Å². The van der Waals surface area contributed by atoms with Crippen molar-refractivity contribution in [3.63, 3.8) is 0 Å². The molecule has 31 heavy (non-hydrogen) atoms. The highest BCUT2D eigenvalue weighted by atomic mass is 32.2. The number of amides is 2. The van der Waals surface area contributed by atoms with E-state index in [-0.39, 0.29) is 11.8 Å². The van der Waals surface area contributed by atoms with Crippen LogP contribution in [0, 0.1) is 6.92 Å². The predicted octanol–water partition coefficient (Wildman–Crippen LogP) is 5.52. The summed E-state index contributed by atoms with van der Waals surface area (Å²) in [4.78, 5) is 27.6. The first kappa shape index (κ1) is 21.0. The van der Waals surface area contributed by atoms with Crippen LogP contribution in [0.1, 0.15) is 28.8 Å². The standard InChI is InChI=1S/C25H25N3O2S/c1-18-8-14-23(15-9-18)31-27(2)21-12-10-19(11-13-21)25(30)26-20-5-3-6-22(17-20)28-16-4-7-24(28)29/h3,5-6,8-15,17H,4,7,16H2,1-2H3,(H,26,30). The Labute approximate surface area is 187 Å². The Morgan fingerprint density at radius 1 is 1.03 bits per heavy atom. The van der Waals surface area contributed by atoms with Gasteiger partial charge in [-0.15, -0.1) is 0 Å². The molecule has 2 amide bonds. The van der Waals surface area contributed by atoms with E-state index in [0.29, 0.717) is 17.7 Å². The molecule has 3 aromatic rings. The molecule has 1 N–H and O–H groups in total. The number of hydrogen-bond donors (Lipinski definition) is 1. The molecular formula is C25H25N3O2S. The van der Waals surface area contributed by atoms with Gasteiger partial charge in [-0.2, -0.15) is 0 Å². The van der Waals surface area contributed by atoms with Crippen LogP contribution in [-0.2, 0) is 4.79 Å². The Balaban J connectivity index is 1.40. The number of rotatable bonds is 6. The molecule has 1 heterocycles. The molecule has 1 saturated heterocycles. The normalized spacial score (nSPS) is 13.4. The topological polar surface area (TPSA) is 52.7 Å². The summed E-state index contributed by atoms with van der Waals surface area (Å²) in [7, 11) is 2.00. The lowest BCUT2D eigenvalue weighted by atomic mass is 10.2. The molecule has 0 aromatic heterocycles. The van der Waals surface area contributed by atoms with Crippen LogP contribution in [0.25, 0.3) is 0 Å². The molecule has 0 radical (unpaired) electrons. The number of carbonyl (C=O) groups excluding carboxylic acids is 2. The minimum absolute atomic E-state index is 0.131. The fourth-order valence-electron chi connectivity index (χ4n) is 3.51. The summed E-state index contributed by atoms with van der Waals surface area (Å²) in [6.07, 6.45) is 1.46. The van der Waals surface area contributed by atoms with Crippen molar-refractivity contribution >= 4 is 40.8 Å². The van der Waals surface area contributed by atoms with Gasteiger partial charge in [-0.05, 0) is 79.9 Å². The Morgan fingerprint density at radius 3 is 2.45 bits per heavy atom. The summed E-state index contributed by atoms with van der Waals surface area (Å²) in [5, 5.41) is 2.93. The molecule has 0 atom stereocenters. The average Bonchev–Trinajstić information content (AvgIpc) is 3.21. The van der Waals surface area contributed by atoms with Gasteiger partial charge in [0, 0.05) is 47.5 Å². The first-order valence-electron chi connectivity index (χ1n) is 10.3. The monoisotopic (exact) mass is 431 g/mol. The summed E-state index contributed by atoms with van der Waals surface area (Å²) >= 11 is 1.64. The van der Waals surface area contributed by atoms with Gasteiger partial charge in [-0.3, -0.25) is 9.59 Å². The van der Waals surface area contributed by atoms with Crippen molar-refractivity contribution in [2.24, 2.45) is 0 Å². The van der Waals surface area contributed by atoms with Crippen LogP contribution in [0.4, 0.5) is 17.1 Å². The first-order chi connectivity index (χ1) is 15.0. The molecule has 1 aliphatic heterocycles. The maximum Gasteiger partial charge on any atom is 0.255 e. The van der Waals surface area contributed by atoms with E-state index in [4.69, 9.17) is 0 Å². The number of nitrogens with one attached hydrogen (secondary N) is 1. The number of nitrogens with zero attached hydrogens (tertiary/aromatic N) is 2. The van der Waals surface area contributed by atoms with Gasteiger partial charge in [0.1, 0.15) is 0 Å². The number of hydrogen-bond acceptors (Lipinski definition) is 4. The van der Waals surface area contributed by atoms with Crippen molar-refractivity contribution in [1.29, 1.82) is 0 Å². The lowest BCUT2D eigenvalue weighted by Crippen LogP contribution is -2.23. The third-order valence-electron chi connectivity index (χ3n) is 5.25. The maximum atomic E-state index is 12.7. The molecule has 6 heteroatoms. The first-order valence-corrected chi connectivity index (χ1v) is 11.1. The zero-order valence-corrected chi connectivity index (χ0v) is 18.5. The maximum absolute atomic E-state index is 12.7. The summed E-state index contributed by atoms with van der Waals surface area (Å²) in [6.45, 7) is 2.80. The van der Waals surface area contributed by atoms with Gasteiger partial charge in [-0.1, -0.05) is 23.8 Å². The quantitative estimate of drug-likeness (QED) is 0.522. The number of aryl methyl sites for hydroxylation is 1.